The third-order valence-corrected chi connectivity index (χ3v) is 7.32. The van der Waals surface area contributed by atoms with E-state index in [-0.39, 0.29) is 5.41 Å². The van der Waals surface area contributed by atoms with Crippen LogP contribution in [0.25, 0.3) is 32.2 Å². The summed E-state index contributed by atoms with van der Waals surface area (Å²) in [6.07, 6.45) is 9.61. The van der Waals surface area contributed by atoms with Crippen LogP contribution in [0.1, 0.15) is 69.4 Å². The van der Waals surface area contributed by atoms with Gasteiger partial charge in [-0.1, -0.05) is 64.3 Å². The van der Waals surface area contributed by atoms with Crippen molar-refractivity contribution in [2.45, 2.75) is 65.2 Å². The molecular weight excluding hydrogens is 384 g/mol. The number of thiazole rings is 1. The van der Waals surface area contributed by atoms with Gasteiger partial charge in [-0.3, -0.25) is 4.98 Å². The van der Waals surface area contributed by atoms with Crippen LogP contribution in [-0.2, 0) is 6.42 Å². The van der Waals surface area contributed by atoms with Gasteiger partial charge in [0, 0.05) is 18.2 Å². The lowest BCUT2D eigenvalue weighted by Crippen LogP contribution is -2.08. The Kier molecular flexibility index (Phi) is 5.10. The van der Waals surface area contributed by atoms with Crippen LogP contribution in [0.3, 0.4) is 0 Å². The van der Waals surface area contributed by atoms with Crippen molar-refractivity contribution in [1.82, 2.24) is 9.97 Å². The average molecular weight is 415 g/mol. The maximum absolute atomic E-state index is 4.94. The second-order valence-corrected chi connectivity index (χ2v) is 11.1. The molecule has 0 saturated heterocycles. The van der Waals surface area contributed by atoms with Crippen molar-refractivity contribution < 1.29 is 0 Å². The Bertz CT molecular complexity index is 1190. The molecule has 0 unspecified atom stereocenters. The number of nitrogens with zero attached hydrogens (tertiary/aromatic N) is 2. The van der Waals surface area contributed by atoms with E-state index in [0.29, 0.717) is 5.92 Å². The normalized spacial score (nSPS) is 15.8. The number of rotatable bonds is 3. The van der Waals surface area contributed by atoms with Crippen LogP contribution in [0.5, 0.6) is 0 Å². The zero-order chi connectivity index (χ0) is 20.7. The molecule has 1 fully saturated rings. The molecule has 0 N–H and O–H groups in total. The summed E-state index contributed by atoms with van der Waals surface area (Å²) >= 11 is 1.82. The maximum Gasteiger partial charge on any atom is 0.0944 e. The number of hydrogen-bond acceptors (Lipinski definition) is 3. The minimum Gasteiger partial charge on any atom is -0.255 e. The molecule has 2 nitrogen and oxygen atoms in total. The van der Waals surface area contributed by atoms with E-state index in [1.54, 1.807) is 0 Å². The predicted molar refractivity (Wildman–Crippen MR) is 129 cm³/mol. The number of aromatic nitrogens is 2. The Balaban J connectivity index is 1.66. The molecule has 0 amide bonds. The molecule has 5 rings (SSSR count). The minimum absolute atomic E-state index is 0.235. The van der Waals surface area contributed by atoms with E-state index < -0.39 is 0 Å². The van der Waals surface area contributed by atoms with Crippen molar-refractivity contribution in [3.63, 3.8) is 0 Å². The molecule has 2 aromatic carbocycles. The second-order valence-electron chi connectivity index (χ2n) is 9.97. The van der Waals surface area contributed by atoms with E-state index in [1.165, 1.54) is 63.7 Å². The topological polar surface area (TPSA) is 25.8 Å². The summed E-state index contributed by atoms with van der Waals surface area (Å²) in [6.45, 7) is 6.83. The van der Waals surface area contributed by atoms with Crippen LogP contribution in [-0.4, -0.2) is 9.97 Å². The molecule has 2 aromatic heterocycles. The second kappa shape index (κ2) is 7.77. The standard InChI is InChI=1S/C27H30N2S/c1-27(2,3)17-24-29-23-13-14-28-25(26(23)30-24)20-15-19-11-7-8-12-21(19)22(16-20)18-9-5-4-6-10-18/h7-8,11-16,18H,4-6,9-10,17H2,1-3H3. The molecule has 30 heavy (non-hydrogen) atoms. The van der Waals surface area contributed by atoms with Gasteiger partial charge in [-0.2, -0.15) is 0 Å². The third kappa shape index (κ3) is 3.88. The first-order valence-corrected chi connectivity index (χ1v) is 12.1. The quantitative estimate of drug-likeness (QED) is 0.338. The molecular formula is C27H30N2S. The first kappa shape index (κ1) is 19.7. The van der Waals surface area contributed by atoms with Crippen LogP contribution in [0.15, 0.2) is 48.7 Å². The molecule has 0 aliphatic heterocycles. The Hall–Kier alpha value is -2.26. The predicted octanol–water partition coefficient (Wildman–Crippen LogP) is 8.15. The summed E-state index contributed by atoms with van der Waals surface area (Å²) in [5, 5.41) is 3.95. The van der Waals surface area contributed by atoms with Crippen LogP contribution in [0.4, 0.5) is 0 Å². The molecule has 154 valence electrons. The SMILES string of the molecule is CC(C)(C)Cc1nc2ccnc(-c3cc(C4CCCCC4)c4ccccc4c3)c2s1. The summed E-state index contributed by atoms with van der Waals surface area (Å²) in [4.78, 5) is 9.79. The van der Waals surface area contributed by atoms with Crippen LogP contribution in [0, 0.1) is 5.41 Å². The summed E-state index contributed by atoms with van der Waals surface area (Å²) in [5.41, 5.74) is 5.16. The van der Waals surface area contributed by atoms with Crippen molar-refractivity contribution in [3.05, 3.63) is 59.2 Å². The van der Waals surface area contributed by atoms with Crippen molar-refractivity contribution >= 4 is 32.3 Å². The van der Waals surface area contributed by atoms with Crippen molar-refractivity contribution in [2.24, 2.45) is 5.41 Å². The van der Waals surface area contributed by atoms with Gasteiger partial charge in [-0.05, 0) is 58.7 Å². The van der Waals surface area contributed by atoms with Crippen molar-refractivity contribution in [3.8, 4) is 11.3 Å². The Morgan fingerprint density at radius 3 is 2.60 bits per heavy atom. The maximum atomic E-state index is 4.94. The highest BCUT2D eigenvalue weighted by atomic mass is 32.1. The van der Waals surface area contributed by atoms with Gasteiger partial charge >= 0.3 is 0 Å². The molecule has 4 aromatic rings. The lowest BCUT2D eigenvalue weighted by molar-refractivity contribution is 0.411. The Morgan fingerprint density at radius 2 is 1.80 bits per heavy atom. The average Bonchev–Trinajstić information content (AvgIpc) is 3.14. The van der Waals surface area contributed by atoms with Gasteiger partial charge in [-0.25, -0.2) is 4.98 Å². The van der Waals surface area contributed by atoms with Gasteiger partial charge in [0.1, 0.15) is 0 Å². The summed E-state index contributed by atoms with van der Waals surface area (Å²) < 4.78 is 1.22. The lowest BCUT2D eigenvalue weighted by atomic mass is 9.81. The van der Waals surface area contributed by atoms with Crippen molar-refractivity contribution in [2.75, 3.05) is 0 Å². The highest BCUT2D eigenvalue weighted by Gasteiger charge is 2.21. The number of pyridine rings is 1. The minimum atomic E-state index is 0.235. The highest BCUT2D eigenvalue weighted by molar-refractivity contribution is 7.19. The number of fused-ring (bicyclic) bond motifs is 2. The zero-order valence-electron chi connectivity index (χ0n) is 18.2. The van der Waals surface area contributed by atoms with Gasteiger partial charge in [0.2, 0.25) is 0 Å². The monoisotopic (exact) mass is 414 g/mol. The van der Waals surface area contributed by atoms with E-state index in [2.05, 4.69) is 63.2 Å². The smallest absolute Gasteiger partial charge is 0.0944 e. The lowest BCUT2D eigenvalue weighted by Gasteiger charge is -2.24. The molecule has 3 heteroatoms. The fourth-order valence-electron chi connectivity index (χ4n) is 4.86. The largest absolute Gasteiger partial charge is 0.255 e. The highest BCUT2D eigenvalue weighted by Crippen LogP contribution is 2.40. The van der Waals surface area contributed by atoms with E-state index in [4.69, 9.17) is 9.97 Å². The first-order chi connectivity index (χ1) is 14.5. The van der Waals surface area contributed by atoms with Crippen molar-refractivity contribution in [1.29, 1.82) is 0 Å². The van der Waals surface area contributed by atoms with Gasteiger partial charge in [-0.15, -0.1) is 11.3 Å². The van der Waals surface area contributed by atoms with E-state index >= 15 is 0 Å². The van der Waals surface area contributed by atoms with E-state index in [0.717, 1.165) is 17.6 Å². The molecule has 0 spiro atoms. The summed E-state index contributed by atoms with van der Waals surface area (Å²) in [6, 6.07) is 15.7. The molecule has 1 saturated carbocycles. The van der Waals surface area contributed by atoms with Gasteiger partial charge in [0.15, 0.2) is 0 Å². The molecule has 1 aliphatic carbocycles. The molecule has 0 atom stereocenters. The van der Waals surface area contributed by atoms with E-state index in [9.17, 15) is 0 Å². The third-order valence-electron chi connectivity index (χ3n) is 6.24. The zero-order valence-corrected chi connectivity index (χ0v) is 19.1. The molecule has 1 aliphatic rings. The van der Waals surface area contributed by atoms with Gasteiger partial charge < -0.3 is 0 Å². The fourth-order valence-corrected chi connectivity index (χ4v) is 6.24. The number of benzene rings is 2. The molecule has 2 heterocycles. The Morgan fingerprint density at radius 1 is 1.00 bits per heavy atom. The van der Waals surface area contributed by atoms with Gasteiger partial charge in [0.05, 0.1) is 20.9 Å². The fraction of sp³-hybridized carbons (Fsp3) is 0.407. The summed E-state index contributed by atoms with van der Waals surface area (Å²) in [5.74, 6) is 0.667. The Labute approximate surface area is 183 Å². The van der Waals surface area contributed by atoms with Gasteiger partial charge in [0.25, 0.3) is 0 Å². The van der Waals surface area contributed by atoms with Crippen LogP contribution in [0.2, 0.25) is 0 Å². The number of hydrogen-bond donors (Lipinski definition) is 0. The molecule has 0 radical (unpaired) electrons. The summed E-state index contributed by atoms with van der Waals surface area (Å²) in [7, 11) is 0. The van der Waals surface area contributed by atoms with E-state index in [1.807, 2.05) is 17.5 Å². The van der Waals surface area contributed by atoms with Crippen LogP contribution >= 0.6 is 11.3 Å². The molecule has 0 bridgehead atoms. The van der Waals surface area contributed by atoms with Crippen LogP contribution < -0.4 is 0 Å². The first-order valence-electron chi connectivity index (χ1n) is 11.3.